The highest BCUT2D eigenvalue weighted by atomic mass is 15.3. The lowest BCUT2D eigenvalue weighted by atomic mass is 10.3. The van der Waals surface area contributed by atoms with Crippen LogP contribution in [-0.2, 0) is 0 Å². The van der Waals surface area contributed by atoms with Gasteiger partial charge < -0.3 is 0 Å². The van der Waals surface area contributed by atoms with Crippen molar-refractivity contribution < 1.29 is 0 Å². The highest BCUT2D eigenvalue weighted by molar-refractivity contribution is 5.62. The average molecular weight is 110 g/mol. The van der Waals surface area contributed by atoms with E-state index in [9.17, 15) is 0 Å². The molecule has 44 valence electrons. The van der Waals surface area contributed by atoms with E-state index >= 15 is 0 Å². The normalized spacial score (nSPS) is 36.2. The van der Waals surface area contributed by atoms with Crippen molar-refractivity contribution in [2.24, 2.45) is 4.99 Å². The minimum absolute atomic E-state index is 0.579. The van der Waals surface area contributed by atoms with Gasteiger partial charge in [0.2, 0.25) is 0 Å². The fourth-order valence-electron chi connectivity index (χ4n) is 1.46. The summed E-state index contributed by atoms with van der Waals surface area (Å²) in [5.74, 6) is 0. The van der Waals surface area contributed by atoms with Crippen molar-refractivity contribution in [3.8, 4) is 0 Å². The largest absolute Gasteiger partial charge is 0.277 e. The summed E-state index contributed by atoms with van der Waals surface area (Å²) in [5.41, 5.74) is 0. The number of aliphatic imine (C=N–C) groups is 1. The van der Waals surface area contributed by atoms with Crippen LogP contribution in [0.5, 0.6) is 0 Å². The zero-order valence-corrected chi connectivity index (χ0v) is 4.88. The summed E-state index contributed by atoms with van der Waals surface area (Å²) in [6.07, 6.45) is 5.25. The molecular weight excluding hydrogens is 100 g/mol. The summed E-state index contributed by atoms with van der Waals surface area (Å²) in [4.78, 5) is 6.72. The molecule has 0 aromatic heterocycles. The molecule has 0 bridgehead atoms. The third-order valence-electron chi connectivity index (χ3n) is 1.92. The number of fused-ring (bicyclic) bond motifs is 1. The zero-order valence-electron chi connectivity index (χ0n) is 4.88. The van der Waals surface area contributed by atoms with Gasteiger partial charge in [-0.05, 0) is 12.8 Å². The van der Waals surface area contributed by atoms with Crippen LogP contribution in [0.25, 0.3) is 0 Å². The maximum absolute atomic E-state index is 4.30. The Morgan fingerprint density at radius 2 is 2.62 bits per heavy atom. The summed E-state index contributed by atoms with van der Waals surface area (Å²) in [7, 11) is 0. The van der Waals surface area contributed by atoms with E-state index in [1.54, 1.807) is 0 Å². The second kappa shape index (κ2) is 1.55. The molecule has 2 aliphatic rings. The van der Waals surface area contributed by atoms with Crippen molar-refractivity contribution in [2.45, 2.75) is 19.0 Å². The van der Waals surface area contributed by atoms with Crippen LogP contribution < -0.4 is 0 Å². The third kappa shape index (κ3) is 0.494. The van der Waals surface area contributed by atoms with Gasteiger partial charge in [-0.15, -0.1) is 0 Å². The number of hydrogen-bond donors (Lipinski definition) is 0. The molecule has 0 radical (unpaired) electrons. The Balaban J connectivity index is 2.13. The summed E-state index contributed by atoms with van der Waals surface area (Å²) in [6, 6.07) is 0. The summed E-state index contributed by atoms with van der Waals surface area (Å²) >= 11 is 0. The molecule has 8 heavy (non-hydrogen) atoms. The number of nitrogens with zero attached hydrogens (tertiary/aromatic N) is 2. The molecule has 0 aliphatic carbocycles. The molecule has 2 heterocycles. The first-order chi connectivity index (χ1) is 3.97. The van der Waals surface area contributed by atoms with E-state index in [1.807, 2.05) is 6.21 Å². The van der Waals surface area contributed by atoms with Crippen LogP contribution in [0.2, 0.25) is 0 Å². The Hall–Kier alpha value is -0.370. The third-order valence-corrected chi connectivity index (χ3v) is 1.92. The van der Waals surface area contributed by atoms with Gasteiger partial charge >= 0.3 is 0 Å². The van der Waals surface area contributed by atoms with Crippen molar-refractivity contribution in [1.29, 1.82) is 0 Å². The van der Waals surface area contributed by atoms with Gasteiger partial charge in [-0.1, -0.05) is 0 Å². The molecule has 1 fully saturated rings. The van der Waals surface area contributed by atoms with Gasteiger partial charge in [0.15, 0.2) is 0 Å². The lowest BCUT2D eigenvalue weighted by molar-refractivity contribution is 0.322. The van der Waals surface area contributed by atoms with Crippen LogP contribution in [0, 0.1) is 0 Å². The molecule has 2 heteroatoms. The van der Waals surface area contributed by atoms with Crippen molar-refractivity contribution in [3.05, 3.63) is 0 Å². The fourth-order valence-corrected chi connectivity index (χ4v) is 1.46. The number of rotatable bonds is 0. The van der Waals surface area contributed by atoms with Gasteiger partial charge in [0.25, 0.3) is 0 Å². The van der Waals surface area contributed by atoms with Crippen molar-refractivity contribution in [2.75, 3.05) is 13.1 Å². The molecule has 0 N–H and O–H groups in total. The minimum Gasteiger partial charge on any atom is -0.277 e. The van der Waals surface area contributed by atoms with E-state index in [0.717, 1.165) is 6.54 Å². The molecular formula is C6H10N2. The maximum Gasteiger partial charge on any atom is 0.102 e. The van der Waals surface area contributed by atoms with Gasteiger partial charge in [-0.2, -0.15) is 0 Å². The van der Waals surface area contributed by atoms with Crippen LogP contribution in [0.4, 0.5) is 0 Å². The zero-order chi connectivity index (χ0) is 5.40. The molecule has 2 aliphatic heterocycles. The van der Waals surface area contributed by atoms with Gasteiger partial charge in [0.1, 0.15) is 6.17 Å². The molecule has 0 amide bonds. The first-order valence-electron chi connectivity index (χ1n) is 3.22. The monoisotopic (exact) mass is 110 g/mol. The second-order valence-corrected chi connectivity index (χ2v) is 2.45. The molecule has 1 atom stereocenters. The van der Waals surface area contributed by atoms with Crippen molar-refractivity contribution in [1.82, 2.24) is 4.90 Å². The van der Waals surface area contributed by atoms with Gasteiger partial charge in [0.05, 0.1) is 0 Å². The Kier molecular flexibility index (Phi) is 0.875. The van der Waals surface area contributed by atoms with E-state index < -0.39 is 0 Å². The molecule has 2 rings (SSSR count). The molecule has 0 spiro atoms. The SMILES string of the molecule is C1=NC2CCCN2C1. The van der Waals surface area contributed by atoms with E-state index in [1.165, 1.54) is 19.4 Å². The summed E-state index contributed by atoms with van der Waals surface area (Å²) in [6.45, 7) is 2.37. The van der Waals surface area contributed by atoms with Crippen LogP contribution in [-0.4, -0.2) is 30.4 Å². The average Bonchev–Trinajstić information content (AvgIpc) is 2.15. The maximum atomic E-state index is 4.30. The first kappa shape index (κ1) is 4.50. The van der Waals surface area contributed by atoms with Crippen LogP contribution >= 0.6 is 0 Å². The lowest BCUT2D eigenvalue weighted by Gasteiger charge is -2.10. The van der Waals surface area contributed by atoms with E-state index in [0.29, 0.717) is 6.17 Å². The highest BCUT2D eigenvalue weighted by Gasteiger charge is 2.25. The van der Waals surface area contributed by atoms with Crippen LogP contribution in [0.1, 0.15) is 12.8 Å². The highest BCUT2D eigenvalue weighted by Crippen LogP contribution is 2.19. The van der Waals surface area contributed by atoms with Crippen LogP contribution in [0.15, 0.2) is 4.99 Å². The molecule has 1 saturated heterocycles. The predicted octanol–water partition coefficient (Wildman–Crippen LogP) is 0.493. The van der Waals surface area contributed by atoms with E-state index in [4.69, 9.17) is 0 Å². The smallest absolute Gasteiger partial charge is 0.102 e. The molecule has 1 unspecified atom stereocenters. The number of hydrogen-bond acceptors (Lipinski definition) is 2. The van der Waals surface area contributed by atoms with Gasteiger partial charge in [-0.3, -0.25) is 9.89 Å². The van der Waals surface area contributed by atoms with Crippen molar-refractivity contribution >= 4 is 6.21 Å². The van der Waals surface area contributed by atoms with Crippen LogP contribution in [0.3, 0.4) is 0 Å². The second-order valence-electron chi connectivity index (χ2n) is 2.45. The molecule has 0 saturated carbocycles. The summed E-state index contributed by atoms with van der Waals surface area (Å²) < 4.78 is 0. The van der Waals surface area contributed by atoms with Crippen molar-refractivity contribution in [3.63, 3.8) is 0 Å². The van der Waals surface area contributed by atoms with E-state index in [-0.39, 0.29) is 0 Å². The Morgan fingerprint density at radius 1 is 1.62 bits per heavy atom. The lowest BCUT2D eigenvalue weighted by Crippen LogP contribution is -2.22. The first-order valence-corrected chi connectivity index (χ1v) is 3.22. The molecule has 0 aromatic rings. The van der Waals surface area contributed by atoms with Gasteiger partial charge in [0, 0.05) is 19.3 Å². The fraction of sp³-hybridized carbons (Fsp3) is 0.833. The quantitative estimate of drug-likeness (QED) is 0.443. The Bertz CT molecular complexity index is 120. The minimum atomic E-state index is 0.579. The standard InChI is InChI=1S/C6H10N2/c1-2-6-7-3-5-8(6)4-1/h3,6H,1-2,4-5H2. The topological polar surface area (TPSA) is 15.6 Å². The predicted molar refractivity (Wildman–Crippen MR) is 33.1 cm³/mol. The molecule has 0 aromatic carbocycles. The Morgan fingerprint density at radius 3 is 3.50 bits per heavy atom. The summed E-state index contributed by atoms with van der Waals surface area (Å²) in [5, 5.41) is 0. The van der Waals surface area contributed by atoms with E-state index in [2.05, 4.69) is 9.89 Å². The van der Waals surface area contributed by atoms with Gasteiger partial charge in [-0.25, -0.2) is 0 Å². The Labute approximate surface area is 49.2 Å². The molecule has 2 nitrogen and oxygen atoms in total.